The monoisotopic (exact) mass is 283 g/mol. The molecule has 3 N–H and O–H groups in total. The van der Waals surface area contributed by atoms with Crippen LogP contribution in [-0.2, 0) is 14.8 Å². The Hall–Kier alpha value is -1.93. The Morgan fingerprint density at radius 2 is 2.00 bits per heavy atom. The molecule has 0 radical (unpaired) electrons. The Kier molecular flexibility index (Phi) is 3.54. The summed E-state index contributed by atoms with van der Waals surface area (Å²) in [5.74, 6) is -0.379. The van der Waals surface area contributed by atoms with Gasteiger partial charge in [-0.2, -0.15) is 12.8 Å². The van der Waals surface area contributed by atoms with E-state index in [2.05, 4.69) is 4.40 Å². The molecule has 1 aliphatic rings. The lowest BCUT2D eigenvalue weighted by Gasteiger charge is -2.15. The molecule has 0 unspecified atom stereocenters. The van der Waals surface area contributed by atoms with Crippen LogP contribution < -0.4 is 10.6 Å². The summed E-state index contributed by atoms with van der Waals surface area (Å²) < 4.78 is 26.4. The molecule has 1 atom stereocenters. The summed E-state index contributed by atoms with van der Waals surface area (Å²) >= 11 is 0. The van der Waals surface area contributed by atoms with E-state index in [9.17, 15) is 18.3 Å². The van der Waals surface area contributed by atoms with Crippen molar-refractivity contribution in [1.29, 1.82) is 0 Å². The average Bonchev–Trinajstić information content (AvgIpc) is 2.70. The summed E-state index contributed by atoms with van der Waals surface area (Å²) in [5, 5.41) is 9.36. The molecule has 1 aromatic carbocycles. The van der Waals surface area contributed by atoms with Crippen molar-refractivity contribution in [3.8, 4) is 0 Å². The third-order valence-electron chi connectivity index (χ3n) is 2.82. The summed E-state index contributed by atoms with van der Waals surface area (Å²) in [4.78, 5) is 13.0. The zero-order valence-electron chi connectivity index (χ0n) is 9.93. The molecule has 0 aromatic heterocycles. The lowest BCUT2D eigenvalue weighted by Crippen LogP contribution is -2.28. The van der Waals surface area contributed by atoms with Crippen molar-refractivity contribution in [2.45, 2.75) is 17.4 Å². The summed E-state index contributed by atoms with van der Waals surface area (Å²) in [6.45, 7) is 0.410. The number of rotatable bonds is 3. The van der Waals surface area contributed by atoms with Gasteiger partial charge in [-0.25, -0.2) is 0 Å². The molecule has 0 spiro atoms. The van der Waals surface area contributed by atoms with Crippen molar-refractivity contribution in [1.82, 2.24) is 0 Å². The molecule has 1 fully saturated rings. The van der Waals surface area contributed by atoms with Crippen molar-refractivity contribution in [3.05, 3.63) is 24.3 Å². The van der Waals surface area contributed by atoms with E-state index in [4.69, 9.17) is 5.73 Å². The highest BCUT2D eigenvalue weighted by Crippen LogP contribution is 2.23. The normalized spacial score (nSPS) is 20.4. The van der Waals surface area contributed by atoms with Crippen LogP contribution in [0.1, 0.15) is 6.42 Å². The van der Waals surface area contributed by atoms with Gasteiger partial charge in [-0.3, -0.25) is 4.79 Å². The van der Waals surface area contributed by atoms with Crippen LogP contribution >= 0.6 is 0 Å². The first-order chi connectivity index (χ1) is 8.95. The van der Waals surface area contributed by atoms with Crippen molar-refractivity contribution in [2.75, 3.05) is 11.4 Å². The second-order valence-corrected chi connectivity index (χ2v) is 5.65. The van der Waals surface area contributed by atoms with E-state index in [-0.39, 0.29) is 10.8 Å². The molecule has 0 saturated carbocycles. The number of nitrogens with zero attached hydrogens (tertiary/aromatic N) is 2. The van der Waals surface area contributed by atoms with Gasteiger partial charge in [0, 0.05) is 18.7 Å². The van der Waals surface area contributed by atoms with E-state index < -0.39 is 16.1 Å². The molecule has 1 saturated heterocycles. The molecule has 8 heteroatoms. The van der Waals surface area contributed by atoms with Crippen LogP contribution in [0.15, 0.2) is 33.6 Å². The third-order valence-corrected chi connectivity index (χ3v) is 4.09. The maximum atomic E-state index is 11.6. The van der Waals surface area contributed by atoms with Gasteiger partial charge in [0.15, 0.2) is 0 Å². The second kappa shape index (κ2) is 4.98. The van der Waals surface area contributed by atoms with Crippen LogP contribution in [0.25, 0.3) is 0 Å². The molecule has 2 rings (SSSR count). The number of carbonyl (C=O) groups is 1. The lowest BCUT2D eigenvalue weighted by atomic mass is 10.3. The Morgan fingerprint density at radius 1 is 1.37 bits per heavy atom. The molecule has 102 valence electrons. The number of nitrogens with two attached hydrogens (primary N) is 1. The predicted octanol–water partition coefficient (Wildman–Crippen LogP) is -0.540. The fourth-order valence-electron chi connectivity index (χ4n) is 1.86. The van der Waals surface area contributed by atoms with Gasteiger partial charge in [0.05, 0.1) is 11.2 Å². The summed E-state index contributed by atoms with van der Waals surface area (Å²) in [7, 11) is -3.78. The quantitative estimate of drug-likeness (QED) is 0.571. The second-order valence-electron chi connectivity index (χ2n) is 4.02. The summed E-state index contributed by atoms with van der Waals surface area (Å²) in [6, 6.07) is 5.68. The fourth-order valence-corrected chi connectivity index (χ4v) is 2.62. The topological polar surface area (TPSA) is 113 Å². The average molecular weight is 283 g/mol. The van der Waals surface area contributed by atoms with Gasteiger partial charge >= 0.3 is 0 Å². The lowest BCUT2D eigenvalue weighted by molar-refractivity contribution is -0.123. The van der Waals surface area contributed by atoms with Gasteiger partial charge in [0.1, 0.15) is 6.10 Å². The van der Waals surface area contributed by atoms with Gasteiger partial charge in [-0.15, -0.1) is 0 Å². The number of benzene rings is 1. The van der Waals surface area contributed by atoms with Gasteiger partial charge in [0.25, 0.3) is 15.9 Å². The van der Waals surface area contributed by atoms with E-state index in [1.807, 2.05) is 0 Å². The molecule has 7 nitrogen and oxygen atoms in total. The number of aliphatic hydroxyl groups excluding tert-OH is 1. The van der Waals surface area contributed by atoms with E-state index in [1.54, 1.807) is 0 Å². The maximum absolute atomic E-state index is 11.6. The van der Waals surface area contributed by atoms with Crippen molar-refractivity contribution in [3.63, 3.8) is 0 Å². The standard InChI is InChI=1S/C11H13N3O4S/c12-7-13-19(17,18)9-3-1-8(2-4-9)14-6-5-10(15)11(14)16/h1-4,7,10,15H,5-6H2,(H2,12,13)/t10-/m1/s1. The zero-order chi connectivity index (χ0) is 14.0. The molecule has 1 aliphatic heterocycles. The minimum atomic E-state index is -3.78. The van der Waals surface area contributed by atoms with E-state index in [0.29, 0.717) is 25.0 Å². The first-order valence-electron chi connectivity index (χ1n) is 5.56. The molecular formula is C11H13N3O4S. The maximum Gasteiger partial charge on any atom is 0.283 e. The Labute approximate surface area is 110 Å². The number of carbonyl (C=O) groups excluding carboxylic acids is 1. The number of hydrogen-bond donors (Lipinski definition) is 2. The summed E-state index contributed by atoms with van der Waals surface area (Å²) in [5.41, 5.74) is 5.50. The molecule has 0 aliphatic carbocycles. The van der Waals surface area contributed by atoms with E-state index >= 15 is 0 Å². The molecule has 0 bridgehead atoms. The SMILES string of the molecule is NC=NS(=O)(=O)c1ccc(N2CC[C@@H](O)C2=O)cc1. The van der Waals surface area contributed by atoms with E-state index in [0.717, 1.165) is 0 Å². The minimum absolute atomic E-state index is 0.00913. The van der Waals surface area contributed by atoms with Crippen LogP contribution in [0.5, 0.6) is 0 Å². The number of hydrogen-bond acceptors (Lipinski definition) is 4. The molecular weight excluding hydrogens is 270 g/mol. The van der Waals surface area contributed by atoms with Crippen LogP contribution in [0.3, 0.4) is 0 Å². The van der Waals surface area contributed by atoms with Gasteiger partial charge in [-0.1, -0.05) is 0 Å². The minimum Gasteiger partial charge on any atom is -0.389 e. The summed E-state index contributed by atoms with van der Waals surface area (Å²) in [6.07, 6.45) is 0.102. The van der Waals surface area contributed by atoms with Gasteiger partial charge in [0.2, 0.25) is 0 Å². The Morgan fingerprint density at radius 3 is 2.47 bits per heavy atom. The number of aliphatic hydroxyl groups is 1. The van der Waals surface area contributed by atoms with Gasteiger partial charge < -0.3 is 15.7 Å². The van der Waals surface area contributed by atoms with Crippen LogP contribution in [0.4, 0.5) is 5.69 Å². The van der Waals surface area contributed by atoms with E-state index in [1.165, 1.54) is 29.2 Å². The molecule has 19 heavy (non-hydrogen) atoms. The Bertz CT molecular complexity index is 609. The van der Waals surface area contributed by atoms with Gasteiger partial charge in [-0.05, 0) is 24.3 Å². The smallest absolute Gasteiger partial charge is 0.283 e. The zero-order valence-corrected chi connectivity index (χ0v) is 10.7. The van der Waals surface area contributed by atoms with Crippen molar-refractivity contribution >= 4 is 28.0 Å². The highest BCUT2D eigenvalue weighted by Gasteiger charge is 2.30. The number of amides is 1. The molecule has 1 amide bonds. The molecule has 1 heterocycles. The number of sulfonamides is 1. The largest absolute Gasteiger partial charge is 0.389 e. The Balaban J connectivity index is 2.27. The highest BCUT2D eigenvalue weighted by molar-refractivity contribution is 7.90. The first-order valence-corrected chi connectivity index (χ1v) is 7.00. The first kappa shape index (κ1) is 13.5. The fraction of sp³-hybridized carbons (Fsp3) is 0.273. The highest BCUT2D eigenvalue weighted by atomic mass is 32.2. The van der Waals surface area contributed by atoms with Crippen LogP contribution in [-0.4, -0.2) is 38.4 Å². The predicted molar refractivity (Wildman–Crippen MR) is 69.3 cm³/mol. The number of anilines is 1. The van der Waals surface area contributed by atoms with Crippen molar-refractivity contribution < 1.29 is 18.3 Å². The van der Waals surface area contributed by atoms with Crippen molar-refractivity contribution in [2.24, 2.45) is 10.1 Å². The molecule has 1 aromatic rings. The van der Waals surface area contributed by atoms with Crippen LogP contribution in [0, 0.1) is 0 Å². The third kappa shape index (κ3) is 2.59. The van der Waals surface area contributed by atoms with Crippen LogP contribution in [0.2, 0.25) is 0 Å².